The summed E-state index contributed by atoms with van der Waals surface area (Å²) in [7, 11) is 2.24. The van der Waals surface area contributed by atoms with Crippen LogP contribution < -0.4 is 10.6 Å². The van der Waals surface area contributed by atoms with Gasteiger partial charge in [0, 0.05) is 0 Å². The van der Waals surface area contributed by atoms with Gasteiger partial charge < -0.3 is 0 Å². The van der Waals surface area contributed by atoms with Crippen LogP contribution in [0.4, 0.5) is 13.2 Å². The van der Waals surface area contributed by atoms with Gasteiger partial charge in [0.1, 0.15) is 0 Å². The topological polar surface area (TPSA) is 24.1 Å². The Labute approximate surface area is 61.7 Å². The SMILES string of the molecule is CNC(Cl)(NC)C(F)(F)F. The van der Waals surface area contributed by atoms with Crippen LogP contribution in [0.1, 0.15) is 0 Å². The molecule has 62 valence electrons. The third-order valence-corrected chi connectivity index (χ3v) is 1.67. The van der Waals surface area contributed by atoms with Crippen LogP contribution in [0.25, 0.3) is 0 Å². The van der Waals surface area contributed by atoms with Crippen molar-refractivity contribution in [2.75, 3.05) is 14.1 Å². The number of alkyl halides is 4. The minimum Gasteiger partial charge on any atom is -0.282 e. The first-order chi connectivity index (χ1) is 4.37. The lowest BCUT2D eigenvalue weighted by Gasteiger charge is -2.27. The van der Waals surface area contributed by atoms with E-state index in [4.69, 9.17) is 11.6 Å². The molecule has 0 spiro atoms. The summed E-state index contributed by atoms with van der Waals surface area (Å²) in [4.78, 5) is 0. The van der Waals surface area contributed by atoms with Crippen LogP contribution in [0, 0.1) is 0 Å². The summed E-state index contributed by atoms with van der Waals surface area (Å²) in [6, 6.07) is 0. The van der Waals surface area contributed by atoms with Crippen molar-refractivity contribution >= 4 is 11.6 Å². The van der Waals surface area contributed by atoms with E-state index in [9.17, 15) is 13.2 Å². The Bertz CT molecular complexity index is 110. The second kappa shape index (κ2) is 2.94. The minimum atomic E-state index is -4.50. The highest BCUT2D eigenvalue weighted by molar-refractivity contribution is 6.23. The summed E-state index contributed by atoms with van der Waals surface area (Å²) >= 11 is 5.04. The van der Waals surface area contributed by atoms with Crippen molar-refractivity contribution in [3.8, 4) is 0 Å². The van der Waals surface area contributed by atoms with Gasteiger partial charge in [0.25, 0.3) is 0 Å². The third-order valence-electron chi connectivity index (χ3n) is 1.08. The average Bonchev–Trinajstić information content (AvgIpc) is 1.84. The van der Waals surface area contributed by atoms with Crippen LogP contribution in [-0.4, -0.2) is 25.4 Å². The predicted octanol–water partition coefficient (Wildman–Crippen LogP) is 0.880. The number of hydrogen-bond acceptors (Lipinski definition) is 2. The molecule has 0 aromatic rings. The zero-order valence-electron chi connectivity index (χ0n) is 5.51. The van der Waals surface area contributed by atoms with Crippen molar-refractivity contribution in [1.29, 1.82) is 0 Å². The molecule has 0 fully saturated rings. The van der Waals surface area contributed by atoms with Crippen molar-refractivity contribution in [2.24, 2.45) is 0 Å². The van der Waals surface area contributed by atoms with Crippen molar-refractivity contribution in [3.05, 3.63) is 0 Å². The average molecular weight is 177 g/mol. The van der Waals surface area contributed by atoms with E-state index in [0.717, 1.165) is 14.1 Å². The molecule has 2 N–H and O–H groups in total. The second-order valence-corrected chi connectivity index (χ2v) is 2.22. The van der Waals surface area contributed by atoms with Crippen molar-refractivity contribution < 1.29 is 13.2 Å². The van der Waals surface area contributed by atoms with Crippen LogP contribution >= 0.6 is 11.6 Å². The molecular weight excluding hydrogens is 169 g/mol. The highest BCUT2D eigenvalue weighted by Crippen LogP contribution is 2.30. The summed E-state index contributed by atoms with van der Waals surface area (Å²) in [5.74, 6) is 0. The molecule has 6 heteroatoms. The fourth-order valence-corrected chi connectivity index (χ4v) is 0.408. The molecule has 10 heavy (non-hydrogen) atoms. The Morgan fingerprint density at radius 2 is 1.40 bits per heavy atom. The molecule has 0 unspecified atom stereocenters. The Balaban J connectivity index is 4.33. The molecule has 0 saturated carbocycles. The van der Waals surface area contributed by atoms with Crippen molar-refractivity contribution in [1.82, 2.24) is 10.6 Å². The molecule has 0 atom stereocenters. The molecule has 2 nitrogen and oxygen atoms in total. The van der Waals surface area contributed by atoms with E-state index in [-0.39, 0.29) is 0 Å². The van der Waals surface area contributed by atoms with Gasteiger partial charge in [-0.2, -0.15) is 13.2 Å². The molecule has 0 saturated heterocycles. The monoisotopic (exact) mass is 176 g/mol. The summed E-state index contributed by atoms with van der Waals surface area (Å²) in [6.07, 6.45) is -4.50. The van der Waals surface area contributed by atoms with Crippen LogP contribution in [0.5, 0.6) is 0 Å². The third kappa shape index (κ3) is 1.74. The van der Waals surface area contributed by atoms with Crippen molar-refractivity contribution in [2.45, 2.75) is 11.3 Å². The summed E-state index contributed by atoms with van der Waals surface area (Å²) in [6.45, 7) is 0. The molecule has 0 aliphatic carbocycles. The molecule has 0 rings (SSSR count). The van der Waals surface area contributed by atoms with Crippen LogP contribution in [0.2, 0.25) is 0 Å². The van der Waals surface area contributed by atoms with E-state index < -0.39 is 11.3 Å². The number of nitrogens with one attached hydrogen (secondary N) is 2. The summed E-state index contributed by atoms with van der Waals surface area (Å²) in [5.41, 5.74) is 0. The number of hydrogen-bond donors (Lipinski definition) is 2. The number of rotatable bonds is 2. The van der Waals surface area contributed by atoms with Gasteiger partial charge in [-0.05, 0) is 14.1 Å². The zero-order valence-corrected chi connectivity index (χ0v) is 6.27. The molecule has 0 aromatic carbocycles. The molecule has 0 heterocycles. The molecule has 0 aliphatic rings. The normalized spacial score (nSPS) is 13.8. The van der Waals surface area contributed by atoms with Gasteiger partial charge in [-0.1, -0.05) is 11.6 Å². The summed E-state index contributed by atoms with van der Waals surface area (Å²) < 4.78 is 35.5. The van der Waals surface area contributed by atoms with E-state index in [0.29, 0.717) is 0 Å². The smallest absolute Gasteiger partial charge is 0.282 e. The van der Waals surface area contributed by atoms with Gasteiger partial charge in [0.15, 0.2) is 0 Å². The van der Waals surface area contributed by atoms with Crippen molar-refractivity contribution in [3.63, 3.8) is 0 Å². The maximum absolute atomic E-state index is 11.8. The van der Waals surface area contributed by atoms with Crippen LogP contribution in [0.3, 0.4) is 0 Å². The van der Waals surface area contributed by atoms with Crippen LogP contribution in [-0.2, 0) is 0 Å². The minimum absolute atomic E-state index is 1.12. The molecule has 0 bridgehead atoms. The van der Waals surface area contributed by atoms with E-state index in [1.807, 2.05) is 10.6 Å². The van der Waals surface area contributed by atoms with E-state index in [2.05, 4.69) is 0 Å². The predicted molar refractivity (Wildman–Crippen MR) is 32.8 cm³/mol. The fourth-order valence-electron chi connectivity index (χ4n) is 0.408. The Morgan fingerprint density at radius 3 is 1.40 bits per heavy atom. The molecule has 0 aromatic heterocycles. The first-order valence-electron chi connectivity index (χ1n) is 2.51. The maximum Gasteiger partial charge on any atom is 0.434 e. The zero-order chi connectivity index (χ0) is 8.41. The standard InChI is InChI=1S/C4H8ClF3N2/c1-9-3(5,10-2)4(6,7)8/h9-10H,1-2H3. The van der Waals surface area contributed by atoms with Crippen LogP contribution in [0.15, 0.2) is 0 Å². The van der Waals surface area contributed by atoms with Gasteiger partial charge >= 0.3 is 6.18 Å². The largest absolute Gasteiger partial charge is 0.434 e. The summed E-state index contributed by atoms with van der Waals surface area (Å²) in [5, 5.41) is 1.29. The Morgan fingerprint density at radius 1 is 1.10 bits per heavy atom. The molecule has 0 amide bonds. The Kier molecular flexibility index (Phi) is 2.94. The van der Waals surface area contributed by atoms with Gasteiger partial charge in [0.05, 0.1) is 0 Å². The van der Waals surface area contributed by atoms with Gasteiger partial charge in [-0.15, -0.1) is 0 Å². The molecular formula is C4H8ClF3N2. The van der Waals surface area contributed by atoms with E-state index >= 15 is 0 Å². The van der Waals surface area contributed by atoms with Gasteiger partial charge in [0.2, 0.25) is 5.12 Å². The fraction of sp³-hybridized carbons (Fsp3) is 1.00. The quantitative estimate of drug-likeness (QED) is 0.371. The highest BCUT2D eigenvalue weighted by atomic mass is 35.5. The first kappa shape index (κ1) is 10.0. The lowest BCUT2D eigenvalue weighted by molar-refractivity contribution is -0.175. The maximum atomic E-state index is 11.8. The molecule has 0 aliphatic heterocycles. The lowest BCUT2D eigenvalue weighted by Crippen LogP contribution is -2.59. The first-order valence-corrected chi connectivity index (χ1v) is 2.88. The van der Waals surface area contributed by atoms with Gasteiger partial charge in [-0.25, -0.2) is 0 Å². The lowest BCUT2D eigenvalue weighted by atomic mass is 10.5. The van der Waals surface area contributed by atoms with E-state index in [1.165, 1.54) is 0 Å². The number of halogens is 4. The molecule has 0 radical (unpaired) electrons. The van der Waals surface area contributed by atoms with Gasteiger partial charge in [-0.3, -0.25) is 10.6 Å². The Hall–Kier alpha value is -0.0000000000000000555. The van der Waals surface area contributed by atoms with E-state index in [1.54, 1.807) is 0 Å². The second-order valence-electron chi connectivity index (χ2n) is 1.66. The highest BCUT2D eigenvalue weighted by Gasteiger charge is 2.51.